The predicted molar refractivity (Wildman–Crippen MR) is 137 cm³/mol. The lowest BCUT2D eigenvalue weighted by molar-refractivity contribution is -0.121. The van der Waals surface area contributed by atoms with Crippen LogP contribution in [0.25, 0.3) is 22.0 Å². The van der Waals surface area contributed by atoms with Gasteiger partial charge in [-0.15, -0.1) is 0 Å². The first-order chi connectivity index (χ1) is 17.2. The number of carbonyl (C=O) groups is 1. The van der Waals surface area contributed by atoms with E-state index < -0.39 is 11.6 Å². The van der Waals surface area contributed by atoms with Crippen LogP contribution in [0.1, 0.15) is 36.9 Å². The zero-order chi connectivity index (χ0) is 25.2. The highest BCUT2D eigenvalue weighted by Crippen LogP contribution is 2.43. The second-order valence-corrected chi connectivity index (χ2v) is 9.89. The van der Waals surface area contributed by atoms with Crippen LogP contribution in [-0.2, 0) is 17.8 Å². The average Bonchev–Trinajstić information content (AvgIpc) is 3.24. The van der Waals surface area contributed by atoms with Crippen LogP contribution in [0.15, 0.2) is 30.6 Å². The van der Waals surface area contributed by atoms with E-state index in [9.17, 15) is 9.90 Å². The van der Waals surface area contributed by atoms with E-state index >= 15 is 0 Å². The first-order valence-corrected chi connectivity index (χ1v) is 11.8. The zero-order valence-corrected chi connectivity index (χ0v) is 20.3. The molecule has 4 aromatic rings. The summed E-state index contributed by atoms with van der Waals surface area (Å²) in [4.78, 5) is 25.5. The molecule has 4 aromatic heterocycles. The fourth-order valence-corrected chi connectivity index (χ4v) is 4.87. The molecule has 0 aliphatic carbocycles. The van der Waals surface area contributed by atoms with Crippen molar-refractivity contribution in [3.8, 4) is 11.3 Å². The molecule has 6 rings (SSSR count). The number of nitrogens with zero attached hydrogens (tertiary/aromatic N) is 5. The fourth-order valence-electron chi connectivity index (χ4n) is 4.87. The van der Waals surface area contributed by atoms with Gasteiger partial charge in [-0.1, -0.05) is 0 Å². The van der Waals surface area contributed by atoms with Gasteiger partial charge in [0.15, 0.2) is 5.82 Å². The van der Waals surface area contributed by atoms with Gasteiger partial charge in [0.2, 0.25) is 5.91 Å². The van der Waals surface area contributed by atoms with Gasteiger partial charge in [0.25, 0.3) is 0 Å². The number of nitrogens with one attached hydrogen (secondary N) is 3. The maximum Gasteiger partial charge on any atom is 0.241 e. The Morgan fingerprint density at radius 2 is 2.03 bits per heavy atom. The SMILES string of the molecule is Cc1c(-c2cc3cc(Nc4cc5n(n4)CC(=O)NCC5)ncc3c(N)n2)cnc2c1NC(C)(C)C2O. The molecule has 0 saturated carbocycles. The van der Waals surface area contributed by atoms with Crippen LogP contribution >= 0.6 is 0 Å². The summed E-state index contributed by atoms with van der Waals surface area (Å²) in [6.45, 7) is 6.67. The Morgan fingerprint density at radius 3 is 2.86 bits per heavy atom. The number of fused-ring (bicyclic) bond motifs is 3. The topological polar surface area (TPSA) is 156 Å². The third kappa shape index (κ3) is 3.59. The normalized spacial score (nSPS) is 18.2. The van der Waals surface area contributed by atoms with E-state index in [1.54, 1.807) is 17.1 Å². The molecule has 1 amide bonds. The average molecular weight is 486 g/mol. The smallest absolute Gasteiger partial charge is 0.241 e. The van der Waals surface area contributed by atoms with Crippen LogP contribution in [0.2, 0.25) is 0 Å². The van der Waals surface area contributed by atoms with Crippen LogP contribution in [-0.4, -0.2) is 47.8 Å². The van der Waals surface area contributed by atoms with E-state index in [0.29, 0.717) is 41.8 Å². The summed E-state index contributed by atoms with van der Waals surface area (Å²) in [5, 5.41) is 26.2. The van der Waals surface area contributed by atoms with Crippen molar-refractivity contribution < 1.29 is 9.90 Å². The minimum Gasteiger partial charge on any atom is -0.384 e. The van der Waals surface area contributed by atoms with Crippen LogP contribution in [0.3, 0.4) is 0 Å². The van der Waals surface area contributed by atoms with Crippen LogP contribution in [0, 0.1) is 6.92 Å². The molecule has 0 aromatic carbocycles. The standard InChI is InChI=1S/C25H27N9O2/c1-12-15(9-29-22-21(12)32-25(2,3)23(22)36)17-6-13-7-18(28-10-16(13)24(26)30-17)31-19-8-14-4-5-27-20(35)11-34(14)33-19/h6-10,23,32,36H,4-5,11H2,1-3H3,(H2,26,30)(H,27,35)(H,28,31,33). The van der Waals surface area contributed by atoms with Crippen molar-refractivity contribution in [1.29, 1.82) is 0 Å². The van der Waals surface area contributed by atoms with E-state index in [1.165, 1.54) is 0 Å². The monoisotopic (exact) mass is 485 g/mol. The Hall–Kier alpha value is -4.25. The Kier molecular flexibility index (Phi) is 4.87. The van der Waals surface area contributed by atoms with Crippen molar-refractivity contribution in [2.24, 2.45) is 0 Å². The number of hydrogen-bond donors (Lipinski definition) is 5. The van der Waals surface area contributed by atoms with Crippen molar-refractivity contribution >= 4 is 39.8 Å². The van der Waals surface area contributed by atoms with Gasteiger partial charge in [-0.2, -0.15) is 5.10 Å². The third-order valence-corrected chi connectivity index (χ3v) is 6.89. The molecule has 1 unspecified atom stereocenters. The number of aliphatic hydroxyl groups excluding tert-OH is 1. The lowest BCUT2D eigenvalue weighted by atomic mass is 9.98. The molecular weight excluding hydrogens is 458 g/mol. The molecule has 6 heterocycles. The molecule has 184 valence electrons. The number of aliphatic hydroxyl groups is 1. The summed E-state index contributed by atoms with van der Waals surface area (Å²) in [5.41, 5.74) is 10.7. The Morgan fingerprint density at radius 1 is 1.19 bits per heavy atom. The van der Waals surface area contributed by atoms with Gasteiger partial charge in [-0.25, -0.2) is 9.97 Å². The molecule has 36 heavy (non-hydrogen) atoms. The highest BCUT2D eigenvalue weighted by atomic mass is 16.3. The Labute approximate surface area is 207 Å². The van der Waals surface area contributed by atoms with Gasteiger partial charge in [0.1, 0.15) is 24.3 Å². The van der Waals surface area contributed by atoms with E-state index in [-0.39, 0.29) is 12.5 Å². The maximum absolute atomic E-state index is 11.8. The number of amides is 1. The summed E-state index contributed by atoms with van der Waals surface area (Å²) < 4.78 is 1.71. The van der Waals surface area contributed by atoms with Crippen LogP contribution in [0.5, 0.6) is 0 Å². The molecule has 0 spiro atoms. The van der Waals surface area contributed by atoms with Crippen LogP contribution in [0.4, 0.5) is 23.1 Å². The number of hydrogen-bond acceptors (Lipinski definition) is 9. The lowest BCUT2D eigenvalue weighted by Crippen LogP contribution is -2.32. The summed E-state index contributed by atoms with van der Waals surface area (Å²) in [6, 6.07) is 5.79. The van der Waals surface area contributed by atoms with Crippen LogP contribution < -0.4 is 21.7 Å². The van der Waals surface area contributed by atoms with Gasteiger partial charge in [-0.05, 0) is 43.9 Å². The first-order valence-electron chi connectivity index (χ1n) is 11.8. The Balaban J connectivity index is 1.35. The summed E-state index contributed by atoms with van der Waals surface area (Å²) in [5.74, 6) is 1.55. The summed E-state index contributed by atoms with van der Waals surface area (Å²) in [6.07, 6.45) is 3.45. The number of pyridine rings is 3. The van der Waals surface area contributed by atoms with E-state index in [4.69, 9.17) is 5.73 Å². The molecule has 2 aliphatic heterocycles. The first kappa shape index (κ1) is 22.2. The zero-order valence-electron chi connectivity index (χ0n) is 20.3. The minimum absolute atomic E-state index is 0.0488. The van der Waals surface area contributed by atoms with Gasteiger partial charge >= 0.3 is 0 Å². The number of nitrogens with two attached hydrogens (primary N) is 1. The summed E-state index contributed by atoms with van der Waals surface area (Å²) in [7, 11) is 0. The van der Waals surface area contributed by atoms with Gasteiger partial charge in [-0.3, -0.25) is 14.5 Å². The molecule has 1 atom stereocenters. The highest BCUT2D eigenvalue weighted by molar-refractivity contribution is 5.95. The number of aromatic nitrogens is 5. The highest BCUT2D eigenvalue weighted by Gasteiger charge is 2.40. The molecule has 2 aliphatic rings. The predicted octanol–water partition coefficient (Wildman–Crippen LogP) is 2.43. The largest absolute Gasteiger partial charge is 0.384 e. The number of nitrogen functional groups attached to an aromatic ring is 1. The molecule has 0 bridgehead atoms. The molecule has 0 fully saturated rings. The Bertz CT molecular complexity index is 1540. The van der Waals surface area contributed by atoms with E-state index in [2.05, 4.69) is 36.0 Å². The number of rotatable bonds is 3. The van der Waals surface area contributed by atoms with Gasteiger partial charge in [0, 0.05) is 48.1 Å². The molecule has 11 heteroatoms. The molecule has 0 radical (unpaired) electrons. The van der Waals surface area contributed by atoms with Gasteiger partial charge < -0.3 is 26.8 Å². The minimum atomic E-state index is -0.693. The molecule has 6 N–H and O–H groups in total. The van der Waals surface area contributed by atoms with Gasteiger partial charge in [0.05, 0.1) is 22.6 Å². The van der Waals surface area contributed by atoms with Crippen molar-refractivity contribution in [3.63, 3.8) is 0 Å². The quantitative estimate of drug-likeness (QED) is 0.294. The van der Waals surface area contributed by atoms with Crippen molar-refractivity contribution in [1.82, 2.24) is 30.0 Å². The van der Waals surface area contributed by atoms with E-state index in [1.807, 2.05) is 39.0 Å². The molecule has 0 saturated heterocycles. The van der Waals surface area contributed by atoms with Crippen molar-refractivity contribution in [2.45, 2.75) is 45.4 Å². The van der Waals surface area contributed by atoms with Crippen molar-refractivity contribution in [2.75, 3.05) is 22.9 Å². The fraction of sp³-hybridized carbons (Fsp3) is 0.320. The van der Waals surface area contributed by atoms with E-state index in [0.717, 1.165) is 33.3 Å². The third-order valence-electron chi connectivity index (χ3n) is 6.89. The lowest BCUT2D eigenvalue weighted by Gasteiger charge is -2.22. The summed E-state index contributed by atoms with van der Waals surface area (Å²) >= 11 is 0. The second kappa shape index (κ2) is 7.89. The molecular formula is C25H27N9O2. The molecule has 11 nitrogen and oxygen atoms in total. The second-order valence-electron chi connectivity index (χ2n) is 9.89. The maximum atomic E-state index is 11.8. The van der Waals surface area contributed by atoms with Crippen molar-refractivity contribution in [3.05, 3.63) is 47.5 Å². The number of carbonyl (C=O) groups excluding carboxylic acids is 1. The number of anilines is 4.